The molecule has 0 amide bonds. The van der Waals surface area contributed by atoms with Crippen LogP contribution in [0.15, 0.2) is 22.6 Å². The maximum absolute atomic E-state index is 13.1. The first-order valence-electron chi connectivity index (χ1n) is 6.54. The summed E-state index contributed by atoms with van der Waals surface area (Å²) in [5, 5.41) is 0. The van der Waals surface area contributed by atoms with E-state index in [1.54, 1.807) is 6.07 Å². The van der Waals surface area contributed by atoms with Crippen LogP contribution in [0.1, 0.15) is 31.1 Å². The van der Waals surface area contributed by atoms with Gasteiger partial charge >= 0.3 is 0 Å². The monoisotopic (exact) mass is 246 g/mol. The van der Waals surface area contributed by atoms with Crippen molar-refractivity contribution >= 4 is 11.1 Å². The third-order valence-corrected chi connectivity index (χ3v) is 4.63. The Morgan fingerprint density at radius 3 is 2.89 bits per heavy atom. The first kappa shape index (κ1) is 10.5. The van der Waals surface area contributed by atoms with Crippen molar-refractivity contribution in [3.05, 3.63) is 29.9 Å². The van der Waals surface area contributed by atoms with Gasteiger partial charge in [-0.05, 0) is 43.2 Å². The minimum absolute atomic E-state index is 0.154. The molecule has 1 aromatic heterocycles. The lowest BCUT2D eigenvalue weighted by Crippen LogP contribution is -2.34. The Morgan fingerprint density at radius 2 is 2.11 bits per heavy atom. The maximum Gasteiger partial charge on any atom is 0.200 e. The molecule has 4 unspecified atom stereocenters. The minimum atomic E-state index is -0.289. The smallest absolute Gasteiger partial charge is 0.200 e. The standard InChI is InChI=1S/C14H15FN2O/c15-9-3-4-10-11(6-9)18-14(17-10)12-7-1-2-8(5-7)13(12)16/h3-4,6-8,12-13H,1-2,5,16H2. The average Bonchev–Trinajstić information content (AvgIpc) is 3.00. The molecule has 2 N–H and O–H groups in total. The van der Waals surface area contributed by atoms with Crippen molar-refractivity contribution in [3.8, 4) is 0 Å². The van der Waals surface area contributed by atoms with Crippen LogP contribution in [0.25, 0.3) is 11.1 Å². The summed E-state index contributed by atoms with van der Waals surface area (Å²) < 4.78 is 18.9. The number of fused-ring (bicyclic) bond motifs is 3. The number of hydrogen-bond donors (Lipinski definition) is 1. The highest BCUT2D eigenvalue weighted by atomic mass is 19.1. The SMILES string of the molecule is NC1C2CCC(C2)C1c1nc2ccc(F)cc2o1. The van der Waals surface area contributed by atoms with Crippen LogP contribution in [0, 0.1) is 17.7 Å². The van der Waals surface area contributed by atoms with Crippen molar-refractivity contribution in [1.82, 2.24) is 4.98 Å². The molecule has 18 heavy (non-hydrogen) atoms. The van der Waals surface area contributed by atoms with Gasteiger partial charge in [0.25, 0.3) is 0 Å². The van der Waals surface area contributed by atoms with Crippen molar-refractivity contribution in [1.29, 1.82) is 0 Å². The lowest BCUT2D eigenvalue weighted by Gasteiger charge is -2.25. The summed E-state index contributed by atoms with van der Waals surface area (Å²) in [6.07, 6.45) is 3.65. The largest absolute Gasteiger partial charge is 0.440 e. The van der Waals surface area contributed by atoms with E-state index >= 15 is 0 Å². The number of aromatic nitrogens is 1. The third-order valence-electron chi connectivity index (χ3n) is 4.63. The number of nitrogens with zero attached hydrogens (tertiary/aromatic N) is 1. The van der Waals surface area contributed by atoms with Crippen molar-refractivity contribution in [2.75, 3.05) is 0 Å². The van der Waals surface area contributed by atoms with Gasteiger partial charge in [-0.15, -0.1) is 0 Å². The lowest BCUT2D eigenvalue weighted by atomic mass is 9.85. The topological polar surface area (TPSA) is 52.0 Å². The molecule has 0 radical (unpaired) electrons. The van der Waals surface area contributed by atoms with E-state index in [0.29, 0.717) is 23.3 Å². The van der Waals surface area contributed by atoms with Gasteiger partial charge in [-0.1, -0.05) is 0 Å². The summed E-state index contributed by atoms with van der Waals surface area (Å²) in [6.45, 7) is 0. The van der Waals surface area contributed by atoms with Crippen LogP contribution >= 0.6 is 0 Å². The van der Waals surface area contributed by atoms with E-state index in [1.807, 2.05) is 0 Å². The van der Waals surface area contributed by atoms with Crippen LogP contribution in [0.3, 0.4) is 0 Å². The second-order valence-corrected chi connectivity index (χ2v) is 5.60. The molecule has 2 aromatic rings. The van der Waals surface area contributed by atoms with E-state index in [1.165, 1.54) is 31.4 Å². The van der Waals surface area contributed by atoms with Crippen molar-refractivity contribution in [3.63, 3.8) is 0 Å². The normalized spacial score (nSPS) is 34.6. The number of rotatable bonds is 1. The Hall–Kier alpha value is -1.42. The zero-order chi connectivity index (χ0) is 12.3. The van der Waals surface area contributed by atoms with Gasteiger partial charge in [0, 0.05) is 12.1 Å². The summed E-state index contributed by atoms with van der Waals surface area (Å²) in [5.74, 6) is 1.85. The van der Waals surface area contributed by atoms with Gasteiger partial charge in [0.15, 0.2) is 11.5 Å². The first-order valence-corrected chi connectivity index (χ1v) is 6.54. The van der Waals surface area contributed by atoms with Gasteiger partial charge in [-0.25, -0.2) is 9.37 Å². The molecule has 2 fully saturated rings. The zero-order valence-corrected chi connectivity index (χ0v) is 9.97. The second-order valence-electron chi connectivity index (χ2n) is 5.60. The van der Waals surface area contributed by atoms with E-state index in [9.17, 15) is 4.39 Å². The highest BCUT2D eigenvalue weighted by molar-refractivity contribution is 5.72. The van der Waals surface area contributed by atoms with Crippen LogP contribution in [0.2, 0.25) is 0 Å². The molecule has 4 rings (SSSR count). The Labute approximate surface area is 104 Å². The highest BCUT2D eigenvalue weighted by Crippen LogP contribution is 2.52. The Morgan fingerprint density at radius 1 is 1.28 bits per heavy atom. The maximum atomic E-state index is 13.1. The summed E-state index contributed by atoms with van der Waals surface area (Å²) in [6, 6.07) is 4.62. The fourth-order valence-electron chi connectivity index (χ4n) is 3.76. The number of benzene rings is 1. The van der Waals surface area contributed by atoms with E-state index in [4.69, 9.17) is 10.2 Å². The van der Waals surface area contributed by atoms with Crippen LogP contribution < -0.4 is 5.73 Å². The molecule has 1 heterocycles. The third kappa shape index (κ3) is 1.35. The first-order chi connectivity index (χ1) is 8.72. The summed E-state index contributed by atoms with van der Waals surface area (Å²) in [5.41, 5.74) is 7.53. The van der Waals surface area contributed by atoms with Gasteiger partial charge in [0.2, 0.25) is 0 Å². The lowest BCUT2D eigenvalue weighted by molar-refractivity contribution is 0.316. The molecule has 2 saturated carbocycles. The molecule has 2 aliphatic carbocycles. The number of halogens is 1. The van der Waals surface area contributed by atoms with Gasteiger partial charge in [-0.3, -0.25) is 0 Å². The molecule has 2 aliphatic rings. The van der Waals surface area contributed by atoms with E-state index < -0.39 is 0 Å². The van der Waals surface area contributed by atoms with E-state index in [2.05, 4.69) is 4.98 Å². The molecule has 4 atom stereocenters. The molecular weight excluding hydrogens is 231 g/mol. The quantitative estimate of drug-likeness (QED) is 0.841. The molecule has 1 aromatic carbocycles. The molecule has 0 saturated heterocycles. The molecule has 4 heteroatoms. The van der Waals surface area contributed by atoms with Gasteiger partial charge < -0.3 is 10.2 Å². The minimum Gasteiger partial charge on any atom is -0.440 e. The van der Waals surface area contributed by atoms with Crippen molar-refractivity contribution in [2.24, 2.45) is 17.6 Å². The van der Waals surface area contributed by atoms with Crippen LogP contribution in [0.5, 0.6) is 0 Å². The van der Waals surface area contributed by atoms with Crippen LogP contribution in [-0.2, 0) is 0 Å². The van der Waals surface area contributed by atoms with Gasteiger partial charge in [0.05, 0.1) is 5.92 Å². The summed E-state index contributed by atoms with van der Waals surface area (Å²) in [4.78, 5) is 4.49. The van der Waals surface area contributed by atoms with E-state index in [0.717, 1.165) is 5.52 Å². The molecule has 0 aliphatic heterocycles. The Bertz CT molecular complexity index is 607. The molecule has 0 spiro atoms. The van der Waals surface area contributed by atoms with Crippen LogP contribution in [-0.4, -0.2) is 11.0 Å². The van der Waals surface area contributed by atoms with Gasteiger partial charge in [0.1, 0.15) is 11.3 Å². The average molecular weight is 246 g/mol. The fourth-order valence-corrected chi connectivity index (χ4v) is 3.76. The summed E-state index contributed by atoms with van der Waals surface area (Å²) in [7, 11) is 0. The Kier molecular flexibility index (Phi) is 2.07. The van der Waals surface area contributed by atoms with E-state index in [-0.39, 0.29) is 17.8 Å². The van der Waals surface area contributed by atoms with Crippen molar-refractivity contribution in [2.45, 2.75) is 31.2 Å². The summed E-state index contributed by atoms with van der Waals surface area (Å²) >= 11 is 0. The second kappa shape index (κ2) is 3.54. The van der Waals surface area contributed by atoms with Crippen molar-refractivity contribution < 1.29 is 8.81 Å². The molecule has 94 valence electrons. The molecular formula is C14H15FN2O. The predicted molar refractivity (Wildman–Crippen MR) is 65.5 cm³/mol. The Balaban J connectivity index is 1.78. The van der Waals surface area contributed by atoms with Crippen LogP contribution in [0.4, 0.5) is 4.39 Å². The molecule has 2 bridgehead atoms. The highest BCUT2D eigenvalue weighted by Gasteiger charge is 2.48. The molecule has 3 nitrogen and oxygen atoms in total. The van der Waals surface area contributed by atoms with Gasteiger partial charge in [-0.2, -0.15) is 0 Å². The number of hydrogen-bond acceptors (Lipinski definition) is 3. The number of nitrogens with two attached hydrogens (primary N) is 1. The fraction of sp³-hybridized carbons (Fsp3) is 0.500. The number of oxazole rings is 1. The predicted octanol–water partition coefficient (Wildman–Crippen LogP) is 2.81. The zero-order valence-electron chi connectivity index (χ0n) is 9.97.